The van der Waals surface area contributed by atoms with Crippen molar-refractivity contribution in [2.45, 2.75) is 52.0 Å². The molecule has 1 amide bonds. The van der Waals surface area contributed by atoms with Gasteiger partial charge in [0.1, 0.15) is 12.2 Å². The number of fused-ring (bicyclic) bond motifs is 3. The predicted octanol–water partition coefficient (Wildman–Crippen LogP) is 4.48. The second-order valence-electron chi connectivity index (χ2n) is 8.71. The molecule has 0 spiro atoms. The fraction of sp³-hybridized carbons (Fsp3) is 0.500. The van der Waals surface area contributed by atoms with Crippen molar-refractivity contribution in [2.75, 3.05) is 29.4 Å². The highest BCUT2D eigenvalue weighted by atomic mass is 35.5. The number of rotatable bonds is 4. The molecule has 32 heavy (non-hydrogen) atoms. The van der Waals surface area contributed by atoms with Crippen LogP contribution < -0.4 is 9.80 Å². The van der Waals surface area contributed by atoms with Gasteiger partial charge in [-0.2, -0.15) is 0 Å². The first-order chi connectivity index (χ1) is 15.7. The van der Waals surface area contributed by atoms with E-state index < -0.39 is 0 Å². The molecule has 1 saturated heterocycles. The van der Waals surface area contributed by atoms with Gasteiger partial charge in [0.05, 0.1) is 5.92 Å². The molecule has 0 aliphatic carbocycles. The van der Waals surface area contributed by atoms with Gasteiger partial charge in [-0.25, -0.2) is 15.0 Å². The molecule has 0 N–H and O–H groups in total. The van der Waals surface area contributed by atoms with Crippen LogP contribution in [0.1, 0.15) is 44.9 Å². The fourth-order valence-electron chi connectivity index (χ4n) is 5.06. The molecule has 0 radical (unpaired) electrons. The van der Waals surface area contributed by atoms with E-state index in [0.717, 1.165) is 67.3 Å². The Kier molecular flexibility index (Phi) is 6.00. The topological polar surface area (TPSA) is 67.2 Å². The standard InChI is InChI=1S/C24H29ClN6O/c1-2-30(19-10-6-9-18(25)14-19)24(32)17-8-7-12-29(15-17)22-21-23(27-16-26-22)31-13-5-3-4-11-20(31)28-21/h6,9-10,14,16-17H,2-5,7-8,11-13,15H2,1H3/t17-/m1/s1. The summed E-state index contributed by atoms with van der Waals surface area (Å²) < 4.78 is 2.26. The number of aromatic nitrogens is 4. The van der Waals surface area contributed by atoms with E-state index in [0.29, 0.717) is 18.1 Å². The summed E-state index contributed by atoms with van der Waals surface area (Å²) in [5.74, 6) is 2.03. The summed E-state index contributed by atoms with van der Waals surface area (Å²) in [4.78, 5) is 31.7. The first-order valence-corrected chi connectivity index (χ1v) is 12.1. The van der Waals surface area contributed by atoms with Crippen molar-refractivity contribution in [3.05, 3.63) is 41.4 Å². The van der Waals surface area contributed by atoms with Gasteiger partial charge >= 0.3 is 0 Å². The van der Waals surface area contributed by atoms with E-state index in [2.05, 4.69) is 19.4 Å². The molecule has 8 heteroatoms. The lowest BCUT2D eigenvalue weighted by atomic mass is 9.96. The third-order valence-electron chi connectivity index (χ3n) is 6.65. The molecule has 168 valence electrons. The molecule has 5 rings (SSSR count). The third-order valence-corrected chi connectivity index (χ3v) is 6.88. The zero-order valence-electron chi connectivity index (χ0n) is 18.5. The Morgan fingerprint density at radius 3 is 2.94 bits per heavy atom. The third kappa shape index (κ3) is 3.94. The van der Waals surface area contributed by atoms with Crippen molar-refractivity contribution >= 4 is 40.2 Å². The number of hydrogen-bond acceptors (Lipinski definition) is 5. The lowest BCUT2D eigenvalue weighted by Gasteiger charge is -2.35. The van der Waals surface area contributed by atoms with Crippen LogP contribution in [0, 0.1) is 5.92 Å². The van der Waals surface area contributed by atoms with Gasteiger partial charge in [-0.05, 0) is 50.8 Å². The largest absolute Gasteiger partial charge is 0.354 e. The summed E-state index contributed by atoms with van der Waals surface area (Å²) in [7, 11) is 0. The van der Waals surface area contributed by atoms with E-state index in [4.69, 9.17) is 16.6 Å². The minimum absolute atomic E-state index is 0.0897. The molecule has 0 saturated carbocycles. The number of benzene rings is 1. The molecule has 1 aromatic carbocycles. The fourth-order valence-corrected chi connectivity index (χ4v) is 5.24. The first-order valence-electron chi connectivity index (χ1n) is 11.7. The van der Waals surface area contributed by atoms with E-state index in [1.54, 1.807) is 6.33 Å². The molecular weight excluding hydrogens is 424 g/mol. The summed E-state index contributed by atoms with van der Waals surface area (Å²) in [6.45, 7) is 5.10. The van der Waals surface area contributed by atoms with Crippen molar-refractivity contribution in [3.63, 3.8) is 0 Å². The number of carbonyl (C=O) groups excluding carboxylic acids is 1. The van der Waals surface area contributed by atoms with Crippen LogP contribution in [0.25, 0.3) is 11.2 Å². The van der Waals surface area contributed by atoms with Gasteiger partial charge in [0.25, 0.3) is 0 Å². The average Bonchev–Trinajstić information content (AvgIpc) is 3.00. The zero-order chi connectivity index (χ0) is 22.1. The maximum absolute atomic E-state index is 13.5. The van der Waals surface area contributed by atoms with Gasteiger partial charge in [0.15, 0.2) is 17.0 Å². The molecule has 1 fully saturated rings. The highest BCUT2D eigenvalue weighted by Gasteiger charge is 2.31. The van der Waals surface area contributed by atoms with Gasteiger partial charge in [-0.1, -0.05) is 24.1 Å². The molecule has 2 aliphatic rings. The van der Waals surface area contributed by atoms with E-state index in [1.165, 1.54) is 12.8 Å². The maximum Gasteiger partial charge on any atom is 0.231 e. The van der Waals surface area contributed by atoms with Crippen LogP contribution in [0.5, 0.6) is 0 Å². The number of carbonyl (C=O) groups is 1. The number of piperidine rings is 1. The van der Waals surface area contributed by atoms with E-state index >= 15 is 0 Å². The summed E-state index contributed by atoms with van der Waals surface area (Å²) in [5.41, 5.74) is 2.65. The van der Waals surface area contributed by atoms with Crippen LogP contribution in [0.2, 0.25) is 5.02 Å². The molecular formula is C24H29ClN6O. The summed E-state index contributed by atoms with van der Waals surface area (Å²) in [5, 5.41) is 0.641. The number of aryl methyl sites for hydroxylation is 2. The van der Waals surface area contributed by atoms with E-state index in [-0.39, 0.29) is 11.8 Å². The average molecular weight is 453 g/mol. The molecule has 2 aliphatic heterocycles. The normalized spacial score (nSPS) is 18.9. The van der Waals surface area contributed by atoms with Crippen LogP contribution in [0.4, 0.5) is 11.5 Å². The number of amides is 1. The molecule has 0 unspecified atom stereocenters. The number of halogens is 1. The van der Waals surface area contributed by atoms with Gasteiger partial charge in [0, 0.05) is 43.3 Å². The van der Waals surface area contributed by atoms with Gasteiger partial charge in [-0.3, -0.25) is 4.79 Å². The highest BCUT2D eigenvalue weighted by molar-refractivity contribution is 6.30. The second-order valence-corrected chi connectivity index (χ2v) is 9.14. The van der Waals surface area contributed by atoms with E-state index in [9.17, 15) is 4.79 Å². The van der Waals surface area contributed by atoms with Gasteiger partial charge in [-0.15, -0.1) is 0 Å². The monoisotopic (exact) mass is 452 g/mol. The molecule has 7 nitrogen and oxygen atoms in total. The van der Waals surface area contributed by atoms with Crippen molar-refractivity contribution in [3.8, 4) is 0 Å². The Balaban J connectivity index is 1.41. The minimum atomic E-state index is -0.0897. The summed E-state index contributed by atoms with van der Waals surface area (Å²) in [6.07, 6.45) is 8.02. The van der Waals surface area contributed by atoms with Crippen LogP contribution in [-0.2, 0) is 17.8 Å². The Morgan fingerprint density at radius 1 is 1.19 bits per heavy atom. The number of anilines is 2. The lowest BCUT2D eigenvalue weighted by Crippen LogP contribution is -2.45. The van der Waals surface area contributed by atoms with Crippen LogP contribution >= 0.6 is 11.6 Å². The predicted molar refractivity (Wildman–Crippen MR) is 127 cm³/mol. The minimum Gasteiger partial charge on any atom is -0.354 e. The zero-order valence-corrected chi connectivity index (χ0v) is 19.3. The van der Waals surface area contributed by atoms with E-state index in [1.807, 2.05) is 36.1 Å². The maximum atomic E-state index is 13.5. The first kappa shape index (κ1) is 21.2. The number of hydrogen-bond donors (Lipinski definition) is 0. The number of imidazole rings is 1. The lowest BCUT2D eigenvalue weighted by molar-refractivity contribution is -0.122. The Morgan fingerprint density at radius 2 is 2.09 bits per heavy atom. The SMILES string of the molecule is CCN(C(=O)[C@@H]1CCCN(c2ncnc3c2nc2n3CCCCC2)C1)c1cccc(Cl)c1. The quantitative estimate of drug-likeness (QED) is 0.584. The molecule has 4 heterocycles. The Hall–Kier alpha value is -2.67. The van der Waals surface area contributed by atoms with Crippen molar-refractivity contribution in [1.29, 1.82) is 0 Å². The van der Waals surface area contributed by atoms with Crippen molar-refractivity contribution < 1.29 is 4.79 Å². The van der Waals surface area contributed by atoms with Gasteiger partial charge in [0.2, 0.25) is 5.91 Å². The molecule has 1 atom stereocenters. The van der Waals surface area contributed by atoms with Crippen molar-refractivity contribution in [2.24, 2.45) is 5.92 Å². The van der Waals surface area contributed by atoms with Crippen LogP contribution in [0.3, 0.4) is 0 Å². The smallest absolute Gasteiger partial charge is 0.231 e. The van der Waals surface area contributed by atoms with Crippen LogP contribution in [-0.4, -0.2) is 45.1 Å². The van der Waals surface area contributed by atoms with Gasteiger partial charge < -0.3 is 14.4 Å². The Labute approximate surface area is 193 Å². The highest BCUT2D eigenvalue weighted by Crippen LogP contribution is 2.31. The number of nitrogens with zero attached hydrogens (tertiary/aromatic N) is 6. The second kappa shape index (κ2) is 9.06. The summed E-state index contributed by atoms with van der Waals surface area (Å²) in [6, 6.07) is 7.52. The van der Waals surface area contributed by atoms with Crippen molar-refractivity contribution in [1.82, 2.24) is 19.5 Å². The Bertz CT molecular complexity index is 1130. The van der Waals surface area contributed by atoms with Crippen LogP contribution in [0.15, 0.2) is 30.6 Å². The molecule has 0 bridgehead atoms. The molecule has 2 aromatic heterocycles. The molecule has 3 aromatic rings. The summed E-state index contributed by atoms with van der Waals surface area (Å²) >= 11 is 6.18.